The summed E-state index contributed by atoms with van der Waals surface area (Å²) >= 11 is 1.52. The van der Waals surface area contributed by atoms with Gasteiger partial charge in [0.1, 0.15) is 5.75 Å². The van der Waals surface area contributed by atoms with Crippen LogP contribution in [0.4, 0.5) is 0 Å². The Hall–Kier alpha value is -3.97. The first-order chi connectivity index (χ1) is 17.2. The monoisotopic (exact) mass is 482 g/mol. The fourth-order valence-electron chi connectivity index (χ4n) is 5.28. The molecular weight excluding hydrogens is 460 g/mol. The first-order valence-electron chi connectivity index (χ1n) is 11.6. The molecule has 2 aliphatic heterocycles. The van der Waals surface area contributed by atoms with Gasteiger partial charge in [-0.3, -0.25) is 4.79 Å². The summed E-state index contributed by atoms with van der Waals surface area (Å²) in [6.07, 6.45) is 0.796. The highest BCUT2D eigenvalue weighted by Gasteiger charge is 2.36. The Morgan fingerprint density at radius 1 is 1.06 bits per heavy atom. The number of aromatic amines is 1. The normalized spacial score (nSPS) is 16.6. The number of H-pyrrole nitrogens is 1. The average Bonchev–Trinajstić information content (AvgIpc) is 3.63. The molecule has 1 amide bonds. The van der Waals surface area contributed by atoms with E-state index in [0.29, 0.717) is 12.3 Å². The maximum atomic E-state index is 14.0. The Balaban J connectivity index is 1.36. The second kappa shape index (κ2) is 7.78. The maximum absolute atomic E-state index is 14.0. The first kappa shape index (κ1) is 20.4. The van der Waals surface area contributed by atoms with Gasteiger partial charge in [-0.05, 0) is 65.4 Å². The molecule has 1 N–H and O–H groups in total. The fourth-order valence-corrected chi connectivity index (χ4v) is 6.28. The van der Waals surface area contributed by atoms with Crippen LogP contribution in [0.3, 0.4) is 0 Å². The quantitative estimate of drug-likeness (QED) is 0.347. The van der Waals surface area contributed by atoms with Crippen LogP contribution in [0.2, 0.25) is 0 Å². The Morgan fingerprint density at radius 2 is 1.94 bits per heavy atom. The van der Waals surface area contributed by atoms with Gasteiger partial charge >= 0.3 is 0 Å². The number of rotatable bonds is 3. The molecule has 174 valence electrons. The van der Waals surface area contributed by atoms with Crippen LogP contribution in [0, 0.1) is 0 Å². The van der Waals surface area contributed by atoms with Crippen molar-refractivity contribution in [3.05, 3.63) is 88.4 Å². The fraction of sp³-hybridized carbons (Fsp3) is 0.179. The third-order valence-corrected chi connectivity index (χ3v) is 8.05. The van der Waals surface area contributed by atoms with Crippen molar-refractivity contribution in [2.24, 2.45) is 0 Å². The van der Waals surface area contributed by atoms with Crippen LogP contribution in [0.5, 0.6) is 17.2 Å². The summed E-state index contributed by atoms with van der Waals surface area (Å²) < 4.78 is 17.6. The number of hydrogen-bond acceptors (Lipinski definition) is 5. The van der Waals surface area contributed by atoms with Crippen molar-refractivity contribution in [1.82, 2.24) is 9.88 Å². The zero-order chi connectivity index (χ0) is 23.5. The first-order valence-corrected chi connectivity index (χ1v) is 12.4. The summed E-state index contributed by atoms with van der Waals surface area (Å²) in [4.78, 5) is 20.3. The van der Waals surface area contributed by atoms with E-state index in [1.165, 1.54) is 22.3 Å². The number of para-hydroxylation sites is 1. The number of carbonyl (C=O) groups excluding carboxylic acids is 1. The van der Waals surface area contributed by atoms with Crippen molar-refractivity contribution < 1.29 is 19.0 Å². The summed E-state index contributed by atoms with van der Waals surface area (Å²) in [5.74, 6) is 2.26. The number of nitrogens with zero attached hydrogens (tertiary/aromatic N) is 1. The smallest absolute Gasteiger partial charge is 0.264 e. The number of benzene rings is 3. The van der Waals surface area contributed by atoms with Crippen LogP contribution in [-0.4, -0.2) is 36.2 Å². The number of fused-ring (bicyclic) bond motifs is 5. The number of ether oxygens (including phenoxy) is 3. The van der Waals surface area contributed by atoms with Crippen molar-refractivity contribution in [2.45, 2.75) is 12.5 Å². The van der Waals surface area contributed by atoms with Crippen LogP contribution in [0.25, 0.3) is 21.0 Å². The van der Waals surface area contributed by atoms with Gasteiger partial charge in [0, 0.05) is 27.8 Å². The molecule has 0 saturated heterocycles. The van der Waals surface area contributed by atoms with Crippen LogP contribution >= 0.6 is 11.3 Å². The van der Waals surface area contributed by atoms with E-state index in [4.69, 9.17) is 14.2 Å². The second-order valence-corrected chi connectivity index (χ2v) is 9.92. The minimum Gasteiger partial charge on any atom is -0.497 e. The van der Waals surface area contributed by atoms with Crippen LogP contribution in [0.15, 0.2) is 66.7 Å². The molecule has 0 aliphatic carbocycles. The van der Waals surface area contributed by atoms with Crippen LogP contribution in [-0.2, 0) is 6.42 Å². The zero-order valence-corrected chi connectivity index (χ0v) is 19.9. The largest absolute Gasteiger partial charge is 0.497 e. The molecule has 7 rings (SSSR count). The lowest BCUT2D eigenvalue weighted by molar-refractivity contribution is 0.0697. The SMILES string of the molecule is COc1ccc2sc(C(=O)N3CCc4c([nH]c5ccccc45)C3c3ccc4c(c3)OCO4)cc2c1. The summed E-state index contributed by atoms with van der Waals surface area (Å²) in [6, 6.07) is 22.0. The van der Waals surface area contributed by atoms with E-state index in [1.807, 2.05) is 53.4 Å². The molecule has 5 aromatic rings. The maximum Gasteiger partial charge on any atom is 0.264 e. The molecule has 2 aromatic heterocycles. The van der Waals surface area contributed by atoms with Crippen LogP contribution < -0.4 is 14.2 Å². The van der Waals surface area contributed by atoms with E-state index in [9.17, 15) is 4.79 Å². The lowest BCUT2D eigenvalue weighted by Gasteiger charge is -2.36. The highest BCUT2D eigenvalue weighted by molar-refractivity contribution is 7.20. The van der Waals surface area contributed by atoms with E-state index >= 15 is 0 Å². The van der Waals surface area contributed by atoms with E-state index in [-0.39, 0.29) is 18.7 Å². The summed E-state index contributed by atoms with van der Waals surface area (Å²) in [5, 5.41) is 2.23. The van der Waals surface area contributed by atoms with Crippen molar-refractivity contribution >= 4 is 38.2 Å². The molecule has 0 bridgehead atoms. The number of nitrogens with one attached hydrogen (secondary N) is 1. The van der Waals surface area contributed by atoms with Gasteiger partial charge in [-0.15, -0.1) is 11.3 Å². The van der Waals surface area contributed by atoms with Crippen molar-refractivity contribution in [3.8, 4) is 17.2 Å². The molecule has 3 aromatic carbocycles. The number of amides is 1. The topological polar surface area (TPSA) is 63.8 Å². The summed E-state index contributed by atoms with van der Waals surface area (Å²) in [5.41, 5.74) is 4.42. The van der Waals surface area contributed by atoms with Gasteiger partial charge in [-0.2, -0.15) is 0 Å². The molecule has 0 fully saturated rings. The van der Waals surface area contributed by atoms with E-state index in [1.54, 1.807) is 7.11 Å². The van der Waals surface area contributed by atoms with Gasteiger partial charge < -0.3 is 24.1 Å². The predicted octanol–water partition coefficient (Wildman–Crippen LogP) is 5.91. The number of thiophene rings is 1. The minimum atomic E-state index is -0.257. The van der Waals surface area contributed by atoms with E-state index in [2.05, 4.69) is 23.2 Å². The number of methoxy groups -OCH3 is 1. The van der Waals surface area contributed by atoms with Crippen LogP contribution in [0.1, 0.15) is 32.5 Å². The second-order valence-electron chi connectivity index (χ2n) is 8.84. The average molecular weight is 483 g/mol. The molecule has 0 saturated carbocycles. The minimum absolute atomic E-state index is 0.0251. The zero-order valence-electron chi connectivity index (χ0n) is 19.0. The third-order valence-electron chi connectivity index (χ3n) is 6.94. The molecule has 4 heterocycles. The Morgan fingerprint density at radius 3 is 2.86 bits per heavy atom. The Kier molecular flexibility index (Phi) is 4.54. The van der Waals surface area contributed by atoms with Crippen molar-refractivity contribution in [3.63, 3.8) is 0 Å². The number of hydrogen-bond donors (Lipinski definition) is 1. The molecule has 1 unspecified atom stereocenters. The van der Waals surface area contributed by atoms with Gasteiger partial charge in [0.15, 0.2) is 11.5 Å². The van der Waals surface area contributed by atoms with Gasteiger partial charge in [0.25, 0.3) is 5.91 Å². The standard InChI is InChI=1S/C28H22N2O4S/c1-32-18-7-9-24-17(12-18)14-25(35-24)28(31)30-11-10-20-19-4-2-3-5-21(19)29-26(20)27(30)16-6-8-22-23(13-16)34-15-33-22/h2-9,12-14,27,29H,10-11,15H2,1H3. The molecule has 7 heteroatoms. The molecule has 0 spiro atoms. The molecule has 1 atom stereocenters. The molecule has 6 nitrogen and oxygen atoms in total. The van der Waals surface area contributed by atoms with Gasteiger partial charge in [-0.1, -0.05) is 24.3 Å². The van der Waals surface area contributed by atoms with E-state index < -0.39 is 0 Å². The lowest BCUT2D eigenvalue weighted by atomic mass is 9.92. The summed E-state index contributed by atoms with van der Waals surface area (Å²) in [6.45, 7) is 0.847. The molecule has 0 radical (unpaired) electrons. The highest BCUT2D eigenvalue weighted by atomic mass is 32.1. The van der Waals surface area contributed by atoms with Gasteiger partial charge in [0.05, 0.1) is 18.0 Å². The third kappa shape index (κ3) is 3.19. The predicted molar refractivity (Wildman–Crippen MR) is 136 cm³/mol. The van der Waals surface area contributed by atoms with Crippen molar-refractivity contribution in [2.75, 3.05) is 20.4 Å². The Labute approximate surface area is 205 Å². The lowest BCUT2D eigenvalue weighted by Crippen LogP contribution is -2.40. The van der Waals surface area contributed by atoms with Gasteiger partial charge in [0.2, 0.25) is 6.79 Å². The number of aromatic nitrogens is 1. The molecular formula is C28H22N2O4S. The molecule has 2 aliphatic rings. The molecule has 35 heavy (non-hydrogen) atoms. The number of carbonyl (C=O) groups is 1. The Bertz CT molecular complexity index is 1620. The van der Waals surface area contributed by atoms with Crippen molar-refractivity contribution in [1.29, 1.82) is 0 Å². The van der Waals surface area contributed by atoms with E-state index in [0.717, 1.165) is 49.7 Å². The summed E-state index contributed by atoms with van der Waals surface area (Å²) in [7, 11) is 1.65. The highest BCUT2D eigenvalue weighted by Crippen LogP contribution is 2.43. The van der Waals surface area contributed by atoms with Gasteiger partial charge in [-0.25, -0.2) is 0 Å².